The lowest BCUT2D eigenvalue weighted by atomic mass is 9.50. The lowest BCUT2D eigenvalue weighted by molar-refractivity contribution is -0.155. The number of aliphatic carboxylic acids is 1. The molecule has 0 aliphatic heterocycles. The Balaban J connectivity index is 1.14. The van der Waals surface area contributed by atoms with Crippen LogP contribution in [0.2, 0.25) is 0 Å². The van der Waals surface area contributed by atoms with Crippen molar-refractivity contribution in [2.45, 2.75) is 76.5 Å². The molecule has 3 fully saturated rings. The molecule has 6 rings (SSSR count). The van der Waals surface area contributed by atoms with Crippen molar-refractivity contribution < 1.29 is 23.8 Å². The van der Waals surface area contributed by atoms with E-state index in [1.165, 1.54) is 25.3 Å². The lowest BCUT2D eigenvalue weighted by Crippen LogP contribution is -2.57. The molecule has 0 bridgehead atoms. The van der Waals surface area contributed by atoms with E-state index in [4.69, 9.17) is 9.84 Å². The van der Waals surface area contributed by atoms with Crippen molar-refractivity contribution in [1.29, 1.82) is 0 Å². The maximum atomic E-state index is 14.6. The number of nitrogens with one attached hydrogen (secondary N) is 1. The molecule has 7 heteroatoms. The molecule has 0 saturated heterocycles. The molecule has 37 heavy (non-hydrogen) atoms. The number of carbonyl (C=O) groups is 2. The molecule has 0 radical (unpaired) electrons. The van der Waals surface area contributed by atoms with E-state index in [2.05, 4.69) is 5.32 Å². The van der Waals surface area contributed by atoms with E-state index >= 15 is 0 Å². The first-order valence-electron chi connectivity index (χ1n) is 13.5. The van der Waals surface area contributed by atoms with Crippen LogP contribution in [0.5, 0.6) is 5.75 Å². The summed E-state index contributed by atoms with van der Waals surface area (Å²) in [5.41, 5.74) is 2.16. The van der Waals surface area contributed by atoms with Crippen LogP contribution in [0.25, 0.3) is 10.9 Å². The molecule has 3 aliphatic rings. The summed E-state index contributed by atoms with van der Waals surface area (Å²) in [4.78, 5) is 24.4. The van der Waals surface area contributed by atoms with Crippen LogP contribution in [0.1, 0.15) is 73.7 Å². The first kappa shape index (κ1) is 24.0. The van der Waals surface area contributed by atoms with Gasteiger partial charge in [-0.05, 0) is 92.7 Å². The number of carboxylic acids is 1. The molecule has 3 aromatic rings. The number of benzene rings is 2. The van der Waals surface area contributed by atoms with Crippen molar-refractivity contribution in [2.75, 3.05) is 0 Å². The molecule has 194 valence electrons. The van der Waals surface area contributed by atoms with Crippen LogP contribution in [0.4, 0.5) is 4.39 Å². The fourth-order valence-electron chi connectivity index (χ4n) is 6.70. The van der Waals surface area contributed by atoms with E-state index in [9.17, 15) is 14.0 Å². The van der Waals surface area contributed by atoms with Gasteiger partial charge in [-0.25, -0.2) is 4.39 Å². The van der Waals surface area contributed by atoms with Crippen LogP contribution < -0.4 is 10.1 Å². The normalized spacial score (nSPS) is 25.4. The largest absolute Gasteiger partial charge is 0.490 e. The SMILES string of the molecule is O=C(NC1CC2(C1)CC(C(=O)O)C2)c1ccc(F)c2ccn(Cc3ccc(OC4CCCCC4)cc3)c12. The number of carbonyl (C=O) groups excluding carboxylic acids is 1. The summed E-state index contributed by atoms with van der Waals surface area (Å²) in [7, 11) is 0. The van der Waals surface area contributed by atoms with Crippen molar-refractivity contribution in [2.24, 2.45) is 11.3 Å². The van der Waals surface area contributed by atoms with Gasteiger partial charge in [-0.2, -0.15) is 0 Å². The van der Waals surface area contributed by atoms with E-state index < -0.39 is 5.97 Å². The fraction of sp³-hybridized carbons (Fsp3) is 0.467. The highest BCUT2D eigenvalue weighted by molar-refractivity contribution is 6.06. The number of ether oxygens (including phenoxy) is 1. The van der Waals surface area contributed by atoms with Gasteiger partial charge in [0.15, 0.2) is 0 Å². The minimum Gasteiger partial charge on any atom is -0.490 e. The van der Waals surface area contributed by atoms with Gasteiger partial charge in [0, 0.05) is 24.2 Å². The highest BCUT2D eigenvalue weighted by Crippen LogP contribution is 2.58. The summed E-state index contributed by atoms with van der Waals surface area (Å²) in [5.74, 6) is -0.657. The number of carboxylic acid groups (broad SMARTS) is 1. The van der Waals surface area contributed by atoms with Crippen molar-refractivity contribution in [3.05, 3.63) is 65.6 Å². The number of fused-ring (bicyclic) bond motifs is 1. The van der Waals surface area contributed by atoms with Crippen molar-refractivity contribution in [3.63, 3.8) is 0 Å². The number of hydrogen-bond donors (Lipinski definition) is 2. The van der Waals surface area contributed by atoms with Crippen LogP contribution in [0.3, 0.4) is 0 Å². The Kier molecular flexibility index (Phi) is 6.17. The molecule has 3 aliphatic carbocycles. The third kappa shape index (κ3) is 4.72. The summed E-state index contributed by atoms with van der Waals surface area (Å²) < 4.78 is 22.7. The lowest BCUT2D eigenvalue weighted by Gasteiger charge is -2.56. The average Bonchev–Trinajstić information content (AvgIpc) is 3.26. The van der Waals surface area contributed by atoms with Gasteiger partial charge in [0.05, 0.1) is 23.1 Å². The Labute approximate surface area is 215 Å². The van der Waals surface area contributed by atoms with Gasteiger partial charge < -0.3 is 19.7 Å². The first-order valence-corrected chi connectivity index (χ1v) is 13.5. The predicted octanol–water partition coefficient (Wildman–Crippen LogP) is 5.91. The smallest absolute Gasteiger partial charge is 0.306 e. The van der Waals surface area contributed by atoms with E-state index in [0.29, 0.717) is 42.0 Å². The molecular weight excluding hydrogens is 471 g/mol. The van der Waals surface area contributed by atoms with Crippen LogP contribution in [-0.2, 0) is 11.3 Å². The molecule has 3 saturated carbocycles. The van der Waals surface area contributed by atoms with Gasteiger partial charge in [0.25, 0.3) is 5.91 Å². The van der Waals surface area contributed by atoms with Gasteiger partial charge in [-0.3, -0.25) is 9.59 Å². The first-order chi connectivity index (χ1) is 17.9. The number of halogens is 1. The van der Waals surface area contributed by atoms with Gasteiger partial charge in [0.1, 0.15) is 11.6 Å². The molecule has 1 heterocycles. The fourth-order valence-corrected chi connectivity index (χ4v) is 6.70. The molecule has 1 aromatic heterocycles. The zero-order valence-electron chi connectivity index (χ0n) is 20.9. The summed E-state index contributed by atoms with van der Waals surface area (Å²) >= 11 is 0. The molecule has 0 unspecified atom stereocenters. The van der Waals surface area contributed by atoms with Crippen LogP contribution in [0.15, 0.2) is 48.7 Å². The summed E-state index contributed by atoms with van der Waals surface area (Å²) in [6.07, 6.45) is 11.1. The molecule has 0 atom stereocenters. The molecule has 2 N–H and O–H groups in total. The maximum Gasteiger partial charge on any atom is 0.306 e. The quantitative estimate of drug-likeness (QED) is 0.419. The Morgan fingerprint density at radius 2 is 1.73 bits per heavy atom. The number of nitrogens with zero attached hydrogens (tertiary/aromatic N) is 1. The van der Waals surface area contributed by atoms with Gasteiger partial charge in [0.2, 0.25) is 0 Å². The second-order valence-electron chi connectivity index (χ2n) is 11.3. The van der Waals surface area contributed by atoms with Gasteiger partial charge in [-0.1, -0.05) is 18.6 Å². The zero-order chi connectivity index (χ0) is 25.6. The number of hydrogen-bond acceptors (Lipinski definition) is 3. The molecule has 6 nitrogen and oxygen atoms in total. The van der Waals surface area contributed by atoms with Gasteiger partial charge >= 0.3 is 5.97 Å². The minimum absolute atomic E-state index is 0.0301. The number of rotatable bonds is 7. The van der Waals surface area contributed by atoms with Crippen LogP contribution in [0, 0.1) is 17.2 Å². The highest BCUT2D eigenvalue weighted by atomic mass is 19.1. The molecular formula is C30H33FN2O4. The van der Waals surface area contributed by atoms with E-state index in [1.54, 1.807) is 12.1 Å². The maximum absolute atomic E-state index is 14.6. The highest BCUT2D eigenvalue weighted by Gasteiger charge is 2.55. The van der Waals surface area contributed by atoms with Crippen molar-refractivity contribution >= 4 is 22.8 Å². The molecule has 2 aromatic carbocycles. The second-order valence-corrected chi connectivity index (χ2v) is 11.3. The standard InChI is InChI=1S/C30H33FN2O4/c31-26-11-10-25(28(34)32-21-16-30(17-21)14-20(15-30)29(35)36)27-24(26)12-13-33(27)18-19-6-8-23(9-7-19)37-22-4-2-1-3-5-22/h6-13,20-22H,1-5,14-18H2,(H,32,34)(H,35,36). The summed E-state index contributed by atoms with van der Waals surface area (Å²) in [5, 5.41) is 12.7. The van der Waals surface area contributed by atoms with Crippen molar-refractivity contribution in [3.8, 4) is 5.75 Å². The third-order valence-electron chi connectivity index (χ3n) is 8.65. The number of aromatic nitrogens is 1. The Morgan fingerprint density at radius 3 is 2.43 bits per heavy atom. The predicted molar refractivity (Wildman–Crippen MR) is 138 cm³/mol. The topological polar surface area (TPSA) is 80.6 Å². The summed E-state index contributed by atoms with van der Waals surface area (Å²) in [6.45, 7) is 0.514. The zero-order valence-corrected chi connectivity index (χ0v) is 20.9. The Bertz CT molecular complexity index is 1310. The van der Waals surface area contributed by atoms with Gasteiger partial charge in [-0.15, -0.1) is 0 Å². The van der Waals surface area contributed by atoms with Crippen LogP contribution >= 0.6 is 0 Å². The minimum atomic E-state index is -0.723. The Hall–Kier alpha value is -3.35. The second kappa shape index (κ2) is 9.51. The number of amides is 1. The molecule has 1 amide bonds. The van der Waals surface area contributed by atoms with Crippen molar-refractivity contribution in [1.82, 2.24) is 9.88 Å². The summed E-state index contributed by atoms with van der Waals surface area (Å²) in [6, 6.07) is 12.7. The monoisotopic (exact) mass is 504 g/mol. The van der Waals surface area contributed by atoms with Crippen LogP contribution in [-0.4, -0.2) is 33.7 Å². The Morgan fingerprint density at radius 1 is 1.00 bits per heavy atom. The average molecular weight is 505 g/mol. The molecule has 1 spiro atoms. The van der Waals surface area contributed by atoms with E-state index in [-0.39, 0.29) is 29.1 Å². The van der Waals surface area contributed by atoms with E-state index in [1.807, 2.05) is 35.0 Å². The van der Waals surface area contributed by atoms with E-state index in [0.717, 1.165) is 37.0 Å². The third-order valence-corrected chi connectivity index (χ3v) is 8.65.